The fourth-order valence-corrected chi connectivity index (χ4v) is 3.57. The third kappa shape index (κ3) is 1.77. The minimum Gasteiger partial charge on any atom is -0.465 e. The van der Waals surface area contributed by atoms with Crippen molar-refractivity contribution in [3.05, 3.63) is 47.4 Å². The highest BCUT2D eigenvalue weighted by atomic mass is 32.2. The van der Waals surface area contributed by atoms with Crippen LogP contribution in [0.3, 0.4) is 0 Å². The van der Waals surface area contributed by atoms with Crippen LogP contribution in [-0.4, -0.2) is 24.2 Å². The molecule has 5 nitrogen and oxygen atoms in total. The average molecular weight is 310 g/mol. The zero-order chi connectivity index (χ0) is 15.3. The molecule has 0 fully saturated rings. The third-order valence-corrected chi connectivity index (χ3v) is 4.53. The number of benzene rings is 2. The van der Waals surface area contributed by atoms with Gasteiger partial charge in [-0.15, -0.1) is 0 Å². The van der Waals surface area contributed by atoms with Crippen LogP contribution in [0.1, 0.15) is 0 Å². The van der Waals surface area contributed by atoms with Crippen molar-refractivity contribution in [1.29, 1.82) is 0 Å². The molecule has 0 unspecified atom stereocenters. The van der Waals surface area contributed by atoms with Gasteiger partial charge in [-0.25, -0.2) is 9.79 Å². The lowest BCUT2D eigenvalue weighted by Gasteiger charge is -2.30. The summed E-state index contributed by atoms with van der Waals surface area (Å²) in [6, 6.07) is 11.6. The van der Waals surface area contributed by atoms with E-state index in [2.05, 4.69) is 4.99 Å². The number of carbonyl (C=O) groups excluding carboxylic acids is 2. The number of methoxy groups -OCH3 is 1. The Bertz CT molecular complexity index is 896. The maximum Gasteiger partial charge on any atom is 0.345 e. The Morgan fingerprint density at radius 2 is 2.00 bits per heavy atom. The van der Waals surface area contributed by atoms with Crippen molar-refractivity contribution in [3.63, 3.8) is 0 Å². The quantitative estimate of drug-likeness (QED) is 0.760. The molecule has 0 saturated heterocycles. The van der Waals surface area contributed by atoms with Gasteiger partial charge in [-0.05, 0) is 29.3 Å². The summed E-state index contributed by atoms with van der Waals surface area (Å²) >= 11 is 1.14. The summed E-state index contributed by atoms with van der Waals surface area (Å²) in [5, 5.41) is 2.44. The summed E-state index contributed by atoms with van der Waals surface area (Å²) in [5.74, 6) is -0.822. The molecule has 1 amide bonds. The van der Waals surface area contributed by atoms with Crippen LogP contribution in [0.5, 0.6) is 0 Å². The fourth-order valence-electron chi connectivity index (χ4n) is 2.62. The molecule has 0 aromatic heterocycles. The molecule has 0 saturated carbocycles. The monoisotopic (exact) mass is 310 g/mol. The Balaban J connectivity index is 1.93. The minimum atomic E-state index is -0.530. The van der Waals surface area contributed by atoms with Gasteiger partial charge < -0.3 is 4.74 Å². The Morgan fingerprint density at radius 1 is 1.23 bits per heavy atom. The molecule has 2 aliphatic heterocycles. The largest absolute Gasteiger partial charge is 0.465 e. The van der Waals surface area contributed by atoms with Gasteiger partial charge in [0.15, 0.2) is 5.17 Å². The van der Waals surface area contributed by atoms with Crippen molar-refractivity contribution < 1.29 is 14.3 Å². The van der Waals surface area contributed by atoms with E-state index in [0.29, 0.717) is 5.17 Å². The number of hydrogen-bond acceptors (Lipinski definition) is 5. The maximum absolute atomic E-state index is 12.5. The second kappa shape index (κ2) is 4.71. The van der Waals surface area contributed by atoms with E-state index < -0.39 is 5.97 Å². The highest BCUT2D eigenvalue weighted by Crippen LogP contribution is 2.43. The van der Waals surface area contributed by atoms with Crippen LogP contribution in [0.2, 0.25) is 0 Å². The number of ether oxygens (including phenoxy) is 1. The fraction of sp³-hybridized carbons (Fsp3) is 0.0625. The number of hydrogen-bond donors (Lipinski definition) is 0. The van der Waals surface area contributed by atoms with Crippen LogP contribution in [0.25, 0.3) is 10.8 Å². The van der Waals surface area contributed by atoms with Crippen molar-refractivity contribution in [2.45, 2.75) is 0 Å². The van der Waals surface area contributed by atoms with E-state index in [1.807, 2.05) is 36.4 Å². The van der Waals surface area contributed by atoms with E-state index in [1.165, 1.54) is 18.1 Å². The van der Waals surface area contributed by atoms with Crippen molar-refractivity contribution in [2.24, 2.45) is 4.99 Å². The molecular weight excluding hydrogens is 300 g/mol. The van der Waals surface area contributed by atoms with Crippen LogP contribution in [0, 0.1) is 0 Å². The summed E-state index contributed by atoms with van der Waals surface area (Å²) in [7, 11) is 1.29. The summed E-state index contributed by atoms with van der Waals surface area (Å²) in [6.07, 6.45) is 1.29. The lowest BCUT2D eigenvalue weighted by molar-refractivity contribution is -0.135. The molecule has 0 N–H and O–H groups in total. The smallest absolute Gasteiger partial charge is 0.345 e. The Morgan fingerprint density at radius 3 is 2.77 bits per heavy atom. The molecular formula is C16H10N2O3S. The van der Waals surface area contributed by atoms with Gasteiger partial charge in [0.05, 0.1) is 18.5 Å². The number of amides is 1. The van der Waals surface area contributed by atoms with Gasteiger partial charge in [0.2, 0.25) is 0 Å². The SMILES string of the molecule is COC(=O)C1=CC(=O)N2C(=Nc3cccc4cccc2c34)S1. The van der Waals surface area contributed by atoms with E-state index >= 15 is 0 Å². The van der Waals surface area contributed by atoms with Crippen LogP contribution < -0.4 is 4.90 Å². The molecule has 2 aromatic carbocycles. The summed E-state index contributed by atoms with van der Waals surface area (Å²) in [5.41, 5.74) is 1.58. The molecule has 0 radical (unpaired) electrons. The first-order valence-electron chi connectivity index (χ1n) is 6.61. The number of rotatable bonds is 1. The number of anilines is 1. The molecule has 0 aliphatic carbocycles. The van der Waals surface area contributed by atoms with Gasteiger partial charge >= 0.3 is 5.97 Å². The number of nitrogens with zero attached hydrogens (tertiary/aromatic N) is 2. The summed E-state index contributed by atoms with van der Waals surface area (Å²) in [4.78, 5) is 30.5. The number of esters is 1. The third-order valence-electron chi connectivity index (χ3n) is 3.57. The second-order valence-corrected chi connectivity index (χ2v) is 5.83. The van der Waals surface area contributed by atoms with Gasteiger partial charge in [0.25, 0.3) is 5.91 Å². The number of thioether (sulfide) groups is 1. The van der Waals surface area contributed by atoms with Crippen LogP contribution in [-0.2, 0) is 14.3 Å². The van der Waals surface area contributed by atoms with Crippen molar-refractivity contribution >= 4 is 51.0 Å². The Hall–Kier alpha value is -2.60. The van der Waals surface area contributed by atoms with E-state index in [9.17, 15) is 9.59 Å². The molecule has 0 spiro atoms. The maximum atomic E-state index is 12.5. The normalized spacial score (nSPS) is 16.0. The van der Waals surface area contributed by atoms with Crippen molar-refractivity contribution in [1.82, 2.24) is 0 Å². The molecule has 0 bridgehead atoms. The zero-order valence-electron chi connectivity index (χ0n) is 11.6. The predicted molar refractivity (Wildman–Crippen MR) is 86.2 cm³/mol. The van der Waals surface area contributed by atoms with Crippen molar-refractivity contribution in [2.75, 3.05) is 12.0 Å². The van der Waals surface area contributed by atoms with Gasteiger partial charge in [0, 0.05) is 11.5 Å². The number of carbonyl (C=O) groups is 2. The van der Waals surface area contributed by atoms with E-state index in [1.54, 1.807) is 0 Å². The standard InChI is InChI=1S/C16H10N2O3S/c1-21-15(20)12-8-13(19)18-11-7-3-5-9-4-2-6-10(14(9)11)17-16(18)22-12/h2-8H,1H3. The topological polar surface area (TPSA) is 59.0 Å². The Labute approximate surface area is 130 Å². The molecule has 108 valence electrons. The van der Waals surface area contributed by atoms with Gasteiger partial charge in [-0.1, -0.05) is 24.3 Å². The predicted octanol–water partition coefficient (Wildman–Crippen LogP) is 2.98. The molecule has 0 atom stereocenters. The highest BCUT2D eigenvalue weighted by Gasteiger charge is 2.34. The second-order valence-electron chi connectivity index (χ2n) is 4.82. The van der Waals surface area contributed by atoms with Crippen LogP contribution in [0.15, 0.2) is 52.4 Å². The van der Waals surface area contributed by atoms with Crippen LogP contribution in [0.4, 0.5) is 11.4 Å². The highest BCUT2D eigenvalue weighted by molar-refractivity contribution is 8.18. The van der Waals surface area contributed by atoms with Crippen molar-refractivity contribution in [3.8, 4) is 0 Å². The number of amidine groups is 1. The average Bonchev–Trinajstić information content (AvgIpc) is 2.54. The number of fused-ring (bicyclic) bond motifs is 2. The lowest BCUT2D eigenvalue weighted by Crippen LogP contribution is -2.38. The first-order chi connectivity index (χ1) is 10.7. The minimum absolute atomic E-state index is 0.244. The van der Waals surface area contributed by atoms with E-state index in [-0.39, 0.29) is 10.8 Å². The Kier molecular flexibility index (Phi) is 2.80. The lowest BCUT2D eigenvalue weighted by atomic mass is 10.0. The molecule has 2 heterocycles. The molecule has 22 heavy (non-hydrogen) atoms. The number of aliphatic imine (C=N–C) groups is 1. The molecule has 4 rings (SSSR count). The molecule has 2 aromatic rings. The molecule has 6 heteroatoms. The first-order valence-corrected chi connectivity index (χ1v) is 7.43. The van der Waals surface area contributed by atoms with Crippen LogP contribution >= 0.6 is 11.8 Å². The van der Waals surface area contributed by atoms with Gasteiger partial charge in [-0.2, -0.15) is 0 Å². The molecule has 2 aliphatic rings. The van der Waals surface area contributed by atoms with E-state index in [0.717, 1.165) is 33.9 Å². The van der Waals surface area contributed by atoms with E-state index in [4.69, 9.17) is 4.74 Å². The van der Waals surface area contributed by atoms with Gasteiger partial charge in [-0.3, -0.25) is 9.69 Å². The zero-order valence-corrected chi connectivity index (χ0v) is 12.4. The van der Waals surface area contributed by atoms with Gasteiger partial charge in [0.1, 0.15) is 4.91 Å². The summed E-state index contributed by atoms with van der Waals surface area (Å²) < 4.78 is 4.69. The summed E-state index contributed by atoms with van der Waals surface area (Å²) in [6.45, 7) is 0. The first kappa shape index (κ1) is 13.1.